The molecule has 0 radical (unpaired) electrons. The Balaban J connectivity index is 0. The summed E-state index contributed by atoms with van der Waals surface area (Å²) in [7, 11) is -17.8. The van der Waals surface area contributed by atoms with Crippen LogP contribution in [0.1, 0.15) is 13.7 Å². The van der Waals surface area contributed by atoms with Gasteiger partial charge in [-0.05, 0) is 0 Å². The molecule has 6 atom stereocenters. The number of fused-ring (bicyclic) bond motifs is 1. The molecule has 0 aromatic carbocycles. The standard InChI is InChI=1S/C10H16N5O14P3.CH4.3Na/c11-10-13-7-4(8(18)14-10)12-2-15(7)9-6(17)5(16)3(27-9)1-26-31(22,23)29-32(24,25)28-30(19,20)21;;;;/h2-3,5-6,9,16-17H,1H2,(H,22,23)(H,24,25)(H2,19,20,21)(H3,11,13,14,18);1H4;;;/q;;3*+1/p-3/t3-,5+,6?,9-;;;;/m1..../s1. The minimum atomic E-state index is -6.13. The second-order valence-electron chi connectivity index (χ2n) is 6.14. The van der Waals surface area contributed by atoms with E-state index in [4.69, 9.17) is 10.5 Å². The number of phosphoric ester groups is 1. The molecular formula is C11H17N5Na3O14P3. The predicted octanol–water partition coefficient (Wildman–Crippen LogP) is -12.6. The molecular weight excluding hydrogens is 588 g/mol. The molecule has 3 rings (SSSR count). The second-order valence-corrected chi connectivity index (χ2v) is 10.4. The summed E-state index contributed by atoms with van der Waals surface area (Å²) in [4.78, 5) is 62.9. The number of nitrogens with zero attached hydrogens (tertiary/aromatic N) is 3. The van der Waals surface area contributed by atoms with Crippen LogP contribution < -0.4 is 115 Å². The van der Waals surface area contributed by atoms with E-state index in [1.54, 1.807) is 0 Å². The number of aromatic nitrogens is 4. The van der Waals surface area contributed by atoms with Crippen LogP contribution in [0.5, 0.6) is 0 Å². The maximum Gasteiger partial charge on any atom is 1.00 e. The van der Waals surface area contributed by atoms with E-state index in [9.17, 15) is 48.3 Å². The van der Waals surface area contributed by atoms with Gasteiger partial charge in [-0.25, -0.2) is 13.9 Å². The van der Waals surface area contributed by atoms with Crippen molar-refractivity contribution in [3.63, 3.8) is 0 Å². The Morgan fingerprint density at radius 1 is 1.14 bits per heavy atom. The van der Waals surface area contributed by atoms with E-state index >= 15 is 0 Å². The number of aliphatic hydroxyl groups excluding tert-OH is 2. The van der Waals surface area contributed by atoms with Crippen molar-refractivity contribution in [1.82, 2.24) is 19.5 Å². The Bertz CT molecular complexity index is 1220. The van der Waals surface area contributed by atoms with Gasteiger partial charge in [0.2, 0.25) is 5.95 Å². The van der Waals surface area contributed by atoms with E-state index in [0.717, 1.165) is 10.9 Å². The molecule has 19 nitrogen and oxygen atoms in total. The Morgan fingerprint density at radius 3 is 2.28 bits per heavy atom. The number of hydrogen-bond donors (Lipinski definition) is 5. The number of anilines is 1. The fraction of sp³-hybridized carbons (Fsp3) is 0.545. The first kappa shape index (κ1) is 39.6. The number of nitrogen functional groups attached to an aromatic ring is 1. The normalized spacial score (nSPS) is 24.8. The van der Waals surface area contributed by atoms with Crippen molar-refractivity contribution in [3.05, 3.63) is 16.7 Å². The summed E-state index contributed by atoms with van der Waals surface area (Å²) < 4.78 is 50.4. The van der Waals surface area contributed by atoms with Crippen molar-refractivity contribution >= 4 is 40.6 Å². The van der Waals surface area contributed by atoms with Gasteiger partial charge in [0.25, 0.3) is 13.4 Å². The van der Waals surface area contributed by atoms with Crippen LogP contribution >= 0.6 is 23.5 Å². The summed E-state index contributed by atoms with van der Waals surface area (Å²) >= 11 is 0. The number of ether oxygens (including phenoxy) is 1. The molecule has 188 valence electrons. The van der Waals surface area contributed by atoms with Gasteiger partial charge in [-0.15, -0.1) is 0 Å². The minimum absolute atomic E-state index is 0. The van der Waals surface area contributed by atoms with Gasteiger partial charge in [0.1, 0.15) is 18.3 Å². The van der Waals surface area contributed by atoms with Crippen molar-refractivity contribution in [1.29, 1.82) is 0 Å². The van der Waals surface area contributed by atoms with Gasteiger partial charge in [-0.2, -0.15) is 4.98 Å². The summed E-state index contributed by atoms with van der Waals surface area (Å²) in [6.07, 6.45) is -5.49. The van der Waals surface area contributed by atoms with Gasteiger partial charge in [0.05, 0.1) is 20.8 Å². The van der Waals surface area contributed by atoms with Crippen LogP contribution in [-0.4, -0.2) is 59.5 Å². The van der Waals surface area contributed by atoms with Gasteiger partial charge in [-0.1, -0.05) is 7.43 Å². The molecule has 2 aromatic rings. The number of H-pyrrole nitrogens is 1. The zero-order valence-electron chi connectivity index (χ0n) is 18.2. The third-order valence-electron chi connectivity index (χ3n) is 3.87. The van der Waals surface area contributed by atoms with Crippen LogP contribution in [0.2, 0.25) is 0 Å². The van der Waals surface area contributed by atoms with E-state index < -0.39 is 60.2 Å². The third-order valence-corrected chi connectivity index (χ3v) is 7.57. The fourth-order valence-corrected chi connectivity index (χ4v) is 5.58. The molecule has 3 unspecified atom stereocenters. The van der Waals surface area contributed by atoms with Crippen molar-refractivity contribution in [2.24, 2.45) is 0 Å². The number of aliphatic hydroxyl groups is 2. The Hall–Kier alpha value is 1.44. The summed E-state index contributed by atoms with van der Waals surface area (Å²) in [5.74, 6) is -0.291. The summed E-state index contributed by atoms with van der Waals surface area (Å²) in [5.41, 5.74) is 4.43. The van der Waals surface area contributed by atoms with Gasteiger partial charge in [0.15, 0.2) is 17.4 Å². The zero-order valence-corrected chi connectivity index (χ0v) is 26.9. The maximum atomic E-state index is 11.8. The molecule has 1 aliphatic heterocycles. The molecule has 0 bridgehead atoms. The monoisotopic (exact) mass is 605 g/mol. The summed E-state index contributed by atoms with van der Waals surface area (Å²) in [6.45, 7) is -1.07. The van der Waals surface area contributed by atoms with Crippen LogP contribution in [0.3, 0.4) is 0 Å². The van der Waals surface area contributed by atoms with Crippen LogP contribution in [0.4, 0.5) is 5.95 Å². The minimum Gasteiger partial charge on any atom is -0.790 e. The molecule has 1 saturated heterocycles. The smallest absolute Gasteiger partial charge is 0.790 e. The molecule has 0 spiro atoms. The van der Waals surface area contributed by atoms with Crippen LogP contribution in [0, 0.1) is 0 Å². The second kappa shape index (κ2) is 14.9. The topological polar surface area (TPSA) is 308 Å². The molecule has 6 N–H and O–H groups in total. The van der Waals surface area contributed by atoms with Crippen molar-refractivity contribution in [3.8, 4) is 0 Å². The predicted molar refractivity (Wildman–Crippen MR) is 98.4 cm³/mol. The summed E-state index contributed by atoms with van der Waals surface area (Å²) in [6, 6.07) is 0. The van der Waals surface area contributed by atoms with E-state index in [1.807, 2.05) is 0 Å². The van der Waals surface area contributed by atoms with Crippen LogP contribution in [0.25, 0.3) is 11.2 Å². The van der Waals surface area contributed by atoms with Gasteiger partial charge in [-0.3, -0.25) is 27.7 Å². The van der Waals surface area contributed by atoms with Crippen LogP contribution in [-0.2, 0) is 31.6 Å². The van der Waals surface area contributed by atoms with E-state index in [-0.39, 0.29) is 113 Å². The van der Waals surface area contributed by atoms with Crippen molar-refractivity contribution < 1.29 is 150 Å². The van der Waals surface area contributed by atoms with E-state index in [1.165, 1.54) is 0 Å². The largest absolute Gasteiger partial charge is 1.00 e. The number of nitrogens with one attached hydrogen (secondary N) is 1. The number of rotatable bonds is 8. The molecule has 2 aromatic heterocycles. The van der Waals surface area contributed by atoms with Crippen molar-refractivity contribution in [2.45, 2.75) is 32.0 Å². The molecule has 1 fully saturated rings. The first-order valence-electron chi connectivity index (χ1n) is 8.05. The van der Waals surface area contributed by atoms with E-state index in [0.29, 0.717) is 0 Å². The Morgan fingerprint density at radius 2 is 1.72 bits per heavy atom. The molecule has 36 heavy (non-hydrogen) atoms. The summed E-state index contributed by atoms with van der Waals surface area (Å²) in [5, 5.41) is 20.4. The molecule has 3 heterocycles. The number of aromatic amines is 1. The average Bonchev–Trinajstić information content (AvgIpc) is 3.12. The first-order chi connectivity index (χ1) is 14.6. The number of nitrogens with two attached hydrogens (primary N) is 1. The fourth-order valence-electron chi connectivity index (χ4n) is 2.68. The Kier molecular flexibility index (Phi) is 16.4. The zero-order chi connectivity index (χ0) is 24.1. The van der Waals surface area contributed by atoms with Gasteiger partial charge in [0, 0.05) is 0 Å². The van der Waals surface area contributed by atoms with E-state index in [2.05, 4.69) is 28.1 Å². The Labute approximate surface area is 268 Å². The van der Waals surface area contributed by atoms with Crippen molar-refractivity contribution in [2.75, 3.05) is 12.3 Å². The van der Waals surface area contributed by atoms with Crippen LogP contribution in [0.15, 0.2) is 11.1 Å². The molecule has 0 amide bonds. The first-order valence-corrected chi connectivity index (χ1v) is 12.5. The molecule has 0 saturated carbocycles. The maximum absolute atomic E-state index is 11.8. The molecule has 1 aliphatic rings. The third kappa shape index (κ3) is 10.1. The number of hydrogen-bond acceptors (Lipinski definition) is 16. The SMILES string of the molecule is C.Nc1nc2c(ncn2[C@@H]2O[C@H](COP(=O)(O)OP(=O)([O-])OP(=O)([O-])[O-])[C@H](O)C2O)c(=O)[nH]1.[Na+].[Na+].[Na+]. The number of imidazole rings is 1. The molecule has 25 heteroatoms. The molecule has 0 aliphatic carbocycles. The van der Waals surface area contributed by atoms with Gasteiger partial charge < -0.3 is 44.8 Å². The number of phosphoric acid groups is 3. The quantitative estimate of drug-likeness (QED) is 0.138. The average molecular weight is 605 g/mol. The van der Waals surface area contributed by atoms with Gasteiger partial charge >= 0.3 is 96.5 Å².